The highest BCUT2D eigenvalue weighted by molar-refractivity contribution is 7.48. The topological polar surface area (TPSA) is 83.1 Å². The van der Waals surface area contributed by atoms with Crippen LogP contribution in [0.3, 0.4) is 0 Å². The number of hydrogen-bond donors (Lipinski definition) is 1. The van der Waals surface area contributed by atoms with Crippen LogP contribution in [0.2, 0.25) is 0 Å². The summed E-state index contributed by atoms with van der Waals surface area (Å²) in [5, 5.41) is 2.97. The van der Waals surface area contributed by atoms with Crippen LogP contribution in [0.5, 0.6) is 0 Å². The van der Waals surface area contributed by atoms with E-state index >= 15 is 0 Å². The van der Waals surface area contributed by atoms with E-state index in [9.17, 15) is 9.36 Å². The Kier molecular flexibility index (Phi) is 34.6. The predicted octanol–water partition coefficient (Wildman–Crippen LogP) is 16.5. The summed E-state index contributed by atoms with van der Waals surface area (Å²) in [6.07, 6.45) is 51.7. The Morgan fingerprint density at radius 1 is 0.619 bits per heavy atom. The fourth-order valence-corrected chi connectivity index (χ4v) is 8.71. The maximum atomic E-state index is 13.3. The van der Waals surface area contributed by atoms with Gasteiger partial charge in [-0.3, -0.25) is 13.6 Å². The zero-order chi connectivity index (χ0) is 46.4. The number of hydrogen-bond acceptors (Lipinski definition) is 7. The number of ether oxygens (including phenoxy) is 1. The standard InChI is InChI=1S/C55H92NO6P/c1-10-11-12-13-14-15-16-17-18-19-20-21-22-23-24-25-26-29-44-60-63(58,61-45-43-56-9)62-47-46-59-54(57)52(6)38-31-37-49(3)34-28-27-33-48(2)35-30-36-50(4)40-41-53-51(5)39-32-42-55(53,7)8/h27-28,30-31,33-38,40-41,56H,10-26,29,32,39,42-47H2,1-9H3/b28-27+,35-30+,37-31+,41-40+,48-33+,49-34+,50-36+,52-38+. The minimum atomic E-state index is -3.77. The molecule has 63 heavy (non-hydrogen) atoms. The van der Waals surface area contributed by atoms with Gasteiger partial charge in [0, 0.05) is 12.1 Å². The van der Waals surface area contributed by atoms with Crippen LogP contribution in [0.25, 0.3) is 0 Å². The number of likely N-dealkylation sites (N-methyl/N-ethyl adjacent to an activating group) is 1. The lowest BCUT2D eigenvalue weighted by Gasteiger charge is -2.32. The Morgan fingerprint density at radius 2 is 1.08 bits per heavy atom. The zero-order valence-corrected chi connectivity index (χ0v) is 42.6. The molecule has 1 atom stereocenters. The first kappa shape index (κ1) is 58.2. The van der Waals surface area contributed by atoms with Crippen molar-refractivity contribution in [2.45, 2.75) is 190 Å². The quantitative estimate of drug-likeness (QED) is 0.0219. The van der Waals surface area contributed by atoms with Gasteiger partial charge in [-0.25, -0.2) is 9.36 Å². The average Bonchev–Trinajstić information content (AvgIpc) is 3.24. The van der Waals surface area contributed by atoms with Crippen molar-refractivity contribution < 1.29 is 27.7 Å². The second-order valence-corrected chi connectivity index (χ2v) is 19.8. The lowest BCUT2D eigenvalue weighted by molar-refractivity contribution is -0.139. The molecule has 1 aliphatic rings. The Labute approximate surface area is 387 Å². The second kappa shape index (κ2) is 37.4. The lowest BCUT2D eigenvalue weighted by atomic mass is 9.72. The molecule has 7 nitrogen and oxygen atoms in total. The van der Waals surface area contributed by atoms with E-state index in [-0.39, 0.29) is 25.2 Å². The number of nitrogens with one attached hydrogen (secondary N) is 1. The SMILES string of the molecule is CCCCCCCCCCCCCCCCCCCCOP(=O)(OCCNC)OCCOC(=O)/C(C)=C/C=C/C(C)=C/C=C/C=C(C)/C=C/C=C(C)/C=C/C1=C(C)CCCC1(C)C. The molecule has 0 saturated carbocycles. The van der Waals surface area contributed by atoms with Crippen LogP contribution in [0.15, 0.2) is 106 Å². The van der Waals surface area contributed by atoms with Crippen molar-refractivity contribution in [3.8, 4) is 0 Å². The summed E-state index contributed by atoms with van der Waals surface area (Å²) in [5.74, 6) is -0.467. The average molecular weight is 894 g/mol. The molecule has 0 aliphatic heterocycles. The number of phosphoric ester groups is 1. The van der Waals surface area contributed by atoms with Gasteiger partial charge >= 0.3 is 13.8 Å². The van der Waals surface area contributed by atoms with Crippen molar-refractivity contribution in [3.63, 3.8) is 0 Å². The second-order valence-electron chi connectivity index (χ2n) is 18.1. The summed E-state index contributed by atoms with van der Waals surface area (Å²) >= 11 is 0. The molecule has 0 saturated heterocycles. The summed E-state index contributed by atoms with van der Waals surface area (Å²) in [4.78, 5) is 12.6. The molecule has 1 N–H and O–H groups in total. The van der Waals surface area contributed by atoms with E-state index in [1.807, 2.05) is 37.3 Å². The van der Waals surface area contributed by atoms with Gasteiger partial charge < -0.3 is 10.1 Å². The number of phosphoric acid groups is 1. The van der Waals surface area contributed by atoms with Crippen molar-refractivity contribution in [3.05, 3.63) is 106 Å². The van der Waals surface area contributed by atoms with E-state index in [0.717, 1.165) is 30.4 Å². The fourth-order valence-electron chi connectivity index (χ4n) is 7.52. The molecule has 0 amide bonds. The first-order valence-corrected chi connectivity index (χ1v) is 26.2. The van der Waals surface area contributed by atoms with E-state index in [0.29, 0.717) is 18.7 Å². The van der Waals surface area contributed by atoms with E-state index < -0.39 is 13.8 Å². The number of carbonyl (C=O) groups excluding carboxylic acids is 1. The van der Waals surface area contributed by atoms with E-state index in [1.165, 1.54) is 132 Å². The van der Waals surface area contributed by atoms with Gasteiger partial charge in [0.05, 0.1) is 19.8 Å². The van der Waals surface area contributed by atoms with Gasteiger partial charge in [0.15, 0.2) is 0 Å². The Balaban J connectivity index is 2.34. The minimum absolute atomic E-state index is 0.0644. The summed E-state index contributed by atoms with van der Waals surface area (Å²) in [5.41, 5.74) is 7.13. The van der Waals surface area contributed by atoms with Gasteiger partial charge in [0.1, 0.15) is 6.61 Å². The monoisotopic (exact) mass is 894 g/mol. The third-order valence-corrected chi connectivity index (χ3v) is 13.0. The van der Waals surface area contributed by atoms with Crippen LogP contribution in [0.1, 0.15) is 190 Å². The summed E-state index contributed by atoms with van der Waals surface area (Å²) < 4.78 is 35.3. The smallest absolute Gasteiger partial charge is 0.460 e. The van der Waals surface area contributed by atoms with Crippen molar-refractivity contribution in [2.24, 2.45) is 5.41 Å². The number of esters is 1. The molecule has 0 radical (unpaired) electrons. The molecule has 1 rings (SSSR count). The highest BCUT2D eigenvalue weighted by atomic mass is 31.2. The fraction of sp³-hybridized carbons (Fsp3) is 0.655. The van der Waals surface area contributed by atoms with Crippen LogP contribution < -0.4 is 5.32 Å². The third kappa shape index (κ3) is 31.7. The van der Waals surface area contributed by atoms with E-state index in [1.54, 1.807) is 20.0 Å². The molecular formula is C55H92NO6P. The summed E-state index contributed by atoms with van der Waals surface area (Å²) in [7, 11) is -1.98. The molecule has 0 fully saturated rings. The van der Waals surface area contributed by atoms with Gasteiger partial charge in [-0.05, 0) is 78.3 Å². The maximum absolute atomic E-state index is 13.3. The Bertz CT molecular complexity index is 1570. The molecule has 1 aliphatic carbocycles. The molecule has 0 aromatic rings. The predicted molar refractivity (Wildman–Crippen MR) is 271 cm³/mol. The molecular weight excluding hydrogens is 802 g/mol. The molecule has 0 aromatic heterocycles. The van der Waals surface area contributed by atoms with Gasteiger partial charge in [-0.1, -0.05) is 225 Å². The van der Waals surface area contributed by atoms with Crippen molar-refractivity contribution in [1.82, 2.24) is 5.32 Å². The van der Waals surface area contributed by atoms with Crippen LogP contribution in [0.4, 0.5) is 0 Å². The number of unbranched alkanes of at least 4 members (excludes halogenated alkanes) is 17. The molecule has 1 unspecified atom stereocenters. The lowest BCUT2D eigenvalue weighted by Crippen LogP contribution is -2.19. The summed E-state index contributed by atoms with van der Waals surface area (Å²) in [6, 6.07) is 0. The first-order chi connectivity index (χ1) is 30.3. The van der Waals surface area contributed by atoms with Crippen LogP contribution in [-0.2, 0) is 27.7 Å². The van der Waals surface area contributed by atoms with Gasteiger partial charge in [0.2, 0.25) is 0 Å². The largest absolute Gasteiger partial charge is 0.474 e. The summed E-state index contributed by atoms with van der Waals surface area (Å²) in [6.45, 7) is 18.0. The normalized spacial score (nSPS) is 16.7. The van der Waals surface area contributed by atoms with Gasteiger partial charge in [-0.15, -0.1) is 0 Å². The Hall–Kier alpha value is -2.80. The van der Waals surface area contributed by atoms with Crippen molar-refractivity contribution >= 4 is 13.8 Å². The third-order valence-electron chi connectivity index (χ3n) is 11.5. The van der Waals surface area contributed by atoms with E-state index in [2.05, 4.69) is 83.3 Å². The highest BCUT2D eigenvalue weighted by Crippen LogP contribution is 2.49. The zero-order valence-electron chi connectivity index (χ0n) is 41.7. The molecule has 0 spiro atoms. The number of allylic oxidation sites excluding steroid dienone is 17. The minimum Gasteiger partial charge on any atom is -0.460 e. The maximum Gasteiger partial charge on any atom is 0.474 e. The Morgan fingerprint density at radius 3 is 1.60 bits per heavy atom. The molecule has 358 valence electrons. The molecule has 8 heteroatoms. The molecule has 0 heterocycles. The van der Waals surface area contributed by atoms with Gasteiger partial charge in [0.25, 0.3) is 0 Å². The molecule has 0 aromatic carbocycles. The van der Waals surface area contributed by atoms with Crippen molar-refractivity contribution in [1.29, 1.82) is 0 Å². The van der Waals surface area contributed by atoms with Crippen LogP contribution in [0, 0.1) is 5.41 Å². The van der Waals surface area contributed by atoms with Crippen LogP contribution >= 0.6 is 7.82 Å². The van der Waals surface area contributed by atoms with Gasteiger partial charge in [-0.2, -0.15) is 0 Å². The number of carbonyl (C=O) groups is 1. The highest BCUT2D eigenvalue weighted by Gasteiger charge is 2.27. The van der Waals surface area contributed by atoms with E-state index in [4.69, 9.17) is 18.3 Å². The molecule has 0 bridgehead atoms. The van der Waals surface area contributed by atoms with Crippen LogP contribution in [-0.4, -0.2) is 46.0 Å². The van der Waals surface area contributed by atoms with Crippen molar-refractivity contribution in [2.75, 3.05) is 40.0 Å². The number of rotatable bonds is 37. The first-order valence-electron chi connectivity index (χ1n) is 24.8.